The third-order valence-electron chi connectivity index (χ3n) is 2.49. The van der Waals surface area contributed by atoms with Crippen LogP contribution in [0.15, 0.2) is 35.5 Å². The number of hydrogen-bond donors (Lipinski definition) is 1. The van der Waals surface area contributed by atoms with Crippen LogP contribution in [0.5, 0.6) is 0 Å². The number of aryl methyl sites for hydroxylation is 2. The van der Waals surface area contributed by atoms with E-state index in [1.54, 1.807) is 0 Å². The molecular weight excluding hydrogens is 204 g/mol. The second kappa shape index (κ2) is 4.11. The van der Waals surface area contributed by atoms with Crippen LogP contribution in [0, 0.1) is 6.92 Å². The number of aromatic nitrogens is 2. The highest BCUT2D eigenvalue weighted by Crippen LogP contribution is 2.23. The third kappa shape index (κ3) is 2.07. The summed E-state index contributed by atoms with van der Waals surface area (Å²) in [5.74, 6) is 0. The fourth-order valence-corrected chi connectivity index (χ4v) is 1.66. The molecule has 0 saturated carbocycles. The molecule has 0 aliphatic rings. The van der Waals surface area contributed by atoms with E-state index >= 15 is 0 Å². The van der Waals surface area contributed by atoms with Crippen LogP contribution in [0.4, 0.5) is 0 Å². The van der Waals surface area contributed by atoms with Crippen molar-refractivity contribution >= 4 is 12.6 Å². The van der Waals surface area contributed by atoms with Gasteiger partial charge in [-0.25, -0.2) is 0 Å². The molecule has 0 amide bonds. The molecule has 0 aliphatic heterocycles. The number of thiol groups is 1. The quantitative estimate of drug-likeness (QED) is 0.767. The molecule has 0 fully saturated rings. The zero-order chi connectivity index (χ0) is 10.8. The van der Waals surface area contributed by atoms with Gasteiger partial charge in [-0.15, -0.1) is 12.6 Å². The van der Waals surface area contributed by atoms with Gasteiger partial charge in [0.15, 0.2) is 0 Å². The van der Waals surface area contributed by atoms with Crippen molar-refractivity contribution in [1.29, 1.82) is 0 Å². The van der Waals surface area contributed by atoms with Gasteiger partial charge < -0.3 is 0 Å². The van der Waals surface area contributed by atoms with Gasteiger partial charge in [0.05, 0.1) is 6.20 Å². The zero-order valence-electron chi connectivity index (χ0n) is 8.94. The molecule has 2 rings (SSSR count). The topological polar surface area (TPSA) is 17.8 Å². The van der Waals surface area contributed by atoms with Crippen LogP contribution >= 0.6 is 12.6 Å². The van der Waals surface area contributed by atoms with Crippen LogP contribution < -0.4 is 0 Å². The first-order valence-corrected chi connectivity index (χ1v) is 5.48. The maximum Gasteiger partial charge on any atom is 0.0568 e. The average molecular weight is 218 g/mol. The lowest BCUT2D eigenvalue weighted by molar-refractivity contribution is 0.660. The van der Waals surface area contributed by atoms with Gasteiger partial charge in [0.25, 0.3) is 0 Å². The first-order chi connectivity index (χ1) is 7.20. The Kier molecular flexibility index (Phi) is 2.82. The lowest BCUT2D eigenvalue weighted by Gasteiger charge is -2.01. The van der Waals surface area contributed by atoms with Gasteiger partial charge in [-0.3, -0.25) is 4.68 Å². The van der Waals surface area contributed by atoms with Gasteiger partial charge in [0, 0.05) is 23.2 Å². The lowest BCUT2D eigenvalue weighted by atomic mass is 10.1. The largest absolute Gasteiger partial charge is 0.272 e. The number of hydrogen-bond acceptors (Lipinski definition) is 2. The van der Waals surface area contributed by atoms with Crippen LogP contribution in [0.2, 0.25) is 0 Å². The smallest absolute Gasteiger partial charge is 0.0568 e. The normalized spacial score (nSPS) is 10.6. The van der Waals surface area contributed by atoms with Crippen molar-refractivity contribution in [2.75, 3.05) is 0 Å². The fraction of sp³-hybridized carbons (Fsp3) is 0.250. The summed E-state index contributed by atoms with van der Waals surface area (Å²) < 4.78 is 1.93. The Balaban J connectivity index is 2.40. The Labute approximate surface area is 95.3 Å². The Bertz CT molecular complexity index is 474. The van der Waals surface area contributed by atoms with Crippen molar-refractivity contribution < 1.29 is 0 Å². The first-order valence-electron chi connectivity index (χ1n) is 5.03. The molecule has 0 bridgehead atoms. The zero-order valence-corrected chi connectivity index (χ0v) is 9.83. The molecule has 0 radical (unpaired) electrons. The molecule has 2 aromatic rings. The van der Waals surface area contributed by atoms with Crippen molar-refractivity contribution in [3.8, 4) is 11.1 Å². The average Bonchev–Trinajstić information content (AvgIpc) is 2.70. The number of rotatable bonds is 2. The van der Waals surface area contributed by atoms with Crippen molar-refractivity contribution in [2.45, 2.75) is 25.3 Å². The molecule has 1 heterocycles. The molecule has 3 heteroatoms. The van der Waals surface area contributed by atoms with E-state index in [4.69, 9.17) is 0 Å². The summed E-state index contributed by atoms with van der Waals surface area (Å²) in [4.78, 5) is 1.03. The van der Waals surface area contributed by atoms with E-state index in [-0.39, 0.29) is 0 Å². The number of nitrogens with zero attached hydrogens (tertiary/aromatic N) is 2. The summed E-state index contributed by atoms with van der Waals surface area (Å²) in [6.45, 7) is 5.05. The van der Waals surface area contributed by atoms with E-state index < -0.39 is 0 Å². The minimum absolute atomic E-state index is 0.906. The van der Waals surface area contributed by atoms with E-state index in [0.29, 0.717) is 0 Å². The predicted octanol–water partition coefficient (Wildman–Crippen LogP) is 3.17. The van der Waals surface area contributed by atoms with E-state index in [1.807, 2.05) is 16.9 Å². The molecule has 0 aliphatic carbocycles. The van der Waals surface area contributed by atoms with E-state index in [1.165, 1.54) is 11.1 Å². The Morgan fingerprint density at radius 3 is 2.73 bits per heavy atom. The molecular formula is C12H14N2S. The minimum atomic E-state index is 0.906. The minimum Gasteiger partial charge on any atom is -0.272 e. The van der Waals surface area contributed by atoms with Crippen molar-refractivity contribution in [1.82, 2.24) is 9.78 Å². The summed E-state index contributed by atoms with van der Waals surface area (Å²) in [6.07, 6.45) is 3.96. The van der Waals surface area contributed by atoms with Crippen molar-refractivity contribution in [3.63, 3.8) is 0 Å². The maximum atomic E-state index is 4.36. The van der Waals surface area contributed by atoms with Crippen LogP contribution in [0.1, 0.15) is 12.5 Å². The third-order valence-corrected chi connectivity index (χ3v) is 2.99. The maximum absolute atomic E-state index is 4.36. The van der Waals surface area contributed by atoms with Crippen molar-refractivity contribution in [3.05, 3.63) is 36.2 Å². The SMILES string of the molecule is CCn1cc(-c2ccc(S)c(C)c2)cn1. The summed E-state index contributed by atoms with van der Waals surface area (Å²) >= 11 is 4.36. The van der Waals surface area contributed by atoms with Gasteiger partial charge in [-0.2, -0.15) is 5.10 Å². The molecule has 15 heavy (non-hydrogen) atoms. The van der Waals surface area contributed by atoms with E-state index in [0.717, 1.165) is 17.0 Å². The Hall–Kier alpha value is -1.22. The van der Waals surface area contributed by atoms with Gasteiger partial charge in [0.1, 0.15) is 0 Å². The second-order valence-electron chi connectivity index (χ2n) is 3.59. The fourth-order valence-electron chi connectivity index (χ4n) is 1.52. The van der Waals surface area contributed by atoms with Crippen molar-refractivity contribution in [2.24, 2.45) is 0 Å². The van der Waals surface area contributed by atoms with Crippen LogP contribution in [0.25, 0.3) is 11.1 Å². The monoisotopic (exact) mass is 218 g/mol. The summed E-state index contributed by atoms with van der Waals surface area (Å²) in [5, 5.41) is 4.26. The van der Waals surface area contributed by atoms with Crippen LogP contribution in [-0.2, 0) is 6.54 Å². The second-order valence-corrected chi connectivity index (χ2v) is 4.07. The van der Waals surface area contributed by atoms with Gasteiger partial charge in [-0.05, 0) is 31.0 Å². The molecule has 0 saturated heterocycles. The predicted molar refractivity (Wildman–Crippen MR) is 65.3 cm³/mol. The molecule has 1 aromatic carbocycles. The highest BCUT2D eigenvalue weighted by molar-refractivity contribution is 7.80. The van der Waals surface area contributed by atoms with Gasteiger partial charge >= 0.3 is 0 Å². The molecule has 78 valence electrons. The first kappa shape index (κ1) is 10.3. The summed E-state index contributed by atoms with van der Waals surface area (Å²) in [6, 6.07) is 6.24. The van der Waals surface area contributed by atoms with Crippen LogP contribution in [0.3, 0.4) is 0 Å². The van der Waals surface area contributed by atoms with E-state index in [2.05, 4.69) is 49.9 Å². The number of benzene rings is 1. The molecule has 2 nitrogen and oxygen atoms in total. The standard InChI is InChI=1S/C12H14N2S/c1-3-14-8-11(7-13-14)10-4-5-12(15)9(2)6-10/h4-8,15H,3H2,1-2H3. The molecule has 0 unspecified atom stereocenters. The lowest BCUT2D eigenvalue weighted by Crippen LogP contribution is -1.91. The van der Waals surface area contributed by atoms with E-state index in [9.17, 15) is 0 Å². The molecule has 0 spiro atoms. The Morgan fingerprint density at radius 2 is 2.13 bits per heavy atom. The molecule has 1 aromatic heterocycles. The van der Waals surface area contributed by atoms with Gasteiger partial charge in [-0.1, -0.05) is 12.1 Å². The Morgan fingerprint density at radius 1 is 1.33 bits per heavy atom. The van der Waals surface area contributed by atoms with Gasteiger partial charge in [0.2, 0.25) is 0 Å². The van der Waals surface area contributed by atoms with Crippen LogP contribution in [-0.4, -0.2) is 9.78 Å². The highest BCUT2D eigenvalue weighted by Gasteiger charge is 2.02. The highest BCUT2D eigenvalue weighted by atomic mass is 32.1. The summed E-state index contributed by atoms with van der Waals surface area (Å²) in [7, 11) is 0. The molecule has 0 N–H and O–H groups in total. The summed E-state index contributed by atoms with van der Waals surface area (Å²) in [5.41, 5.74) is 3.55. The molecule has 0 atom stereocenters.